The molecule has 3 aromatic rings. The molecule has 1 aromatic carbocycles. The maximum absolute atomic E-state index is 13.2. The molecule has 1 amide bonds. The molecule has 1 N–H and O–H groups in total. The molecule has 3 heterocycles. The van der Waals surface area contributed by atoms with E-state index in [0.717, 1.165) is 40.1 Å². The Morgan fingerprint density at radius 2 is 1.93 bits per heavy atom. The summed E-state index contributed by atoms with van der Waals surface area (Å²) in [6, 6.07) is 7.24. The first kappa shape index (κ1) is 20.0. The second kappa shape index (κ2) is 8.63. The zero-order valence-electron chi connectivity index (χ0n) is 17.1. The van der Waals surface area contributed by atoms with Crippen molar-refractivity contribution < 1.29 is 4.79 Å². The van der Waals surface area contributed by atoms with E-state index >= 15 is 0 Å². The minimum Gasteiger partial charge on any atom is -0.353 e. The predicted molar refractivity (Wildman–Crippen MR) is 119 cm³/mol. The van der Waals surface area contributed by atoms with Crippen LogP contribution in [-0.4, -0.2) is 46.8 Å². The molecule has 6 nitrogen and oxygen atoms in total. The van der Waals surface area contributed by atoms with Gasteiger partial charge in [0, 0.05) is 23.2 Å². The Morgan fingerprint density at radius 1 is 1.21 bits per heavy atom. The first-order chi connectivity index (χ1) is 14.1. The fourth-order valence-corrected chi connectivity index (χ4v) is 5.23. The smallest absolute Gasteiger partial charge is 0.276 e. The van der Waals surface area contributed by atoms with Crippen LogP contribution >= 0.6 is 11.3 Å². The summed E-state index contributed by atoms with van der Waals surface area (Å²) in [7, 11) is 0. The number of aromatic nitrogens is 2. The van der Waals surface area contributed by atoms with Crippen molar-refractivity contribution in [2.45, 2.75) is 45.6 Å². The number of carbonyl (C=O) groups excluding carboxylic acids is 1. The molecule has 1 atom stereocenters. The Morgan fingerprint density at radius 3 is 2.69 bits per heavy atom. The van der Waals surface area contributed by atoms with Crippen molar-refractivity contribution in [1.82, 2.24) is 20.0 Å². The van der Waals surface area contributed by atoms with Crippen molar-refractivity contribution in [3.63, 3.8) is 0 Å². The van der Waals surface area contributed by atoms with Gasteiger partial charge < -0.3 is 10.2 Å². The number of nitrogens with zero attached hydrogens (tertiary/aromatic N) is 3. The monoisotopic (exact) mass is 412 g/mol. The van der Waals surface area contributed by atoms with Crippen molar-refractivity contribution >= 4 is 37.4 Å². The third-order valence-electron chi connectivity index (χ3n) is 5.78. The van der Waals surface area contributed by atoms with Crippen molar-refractivity contribution in [2.24, 2.45) is 0 Å². The second-order valence-corrected chi connectivity index (χ2v) is 8.91. The fraction of sp³-hybridized carbons (Fsp3) is 0.500. The molecule has 1 saturated heterocycles. The van der Waals surface area contributed by atoms with E-state index in [9.17, 15) is 9.59 Å². The van der Waals surface area contributed by atoms with Crippen molar-refractivity contribution in [3.05, 3.63) is 40.3 Å². The molecular weight excluding hydrogens is 384 g/mol. The van der Waals surface area contributed by atoms with Gasteiger partial charge in [-0.2, -0.15) is 5.10 Å². The number of aryl methyl sites for hydroxylation is 1. The minimum absolute atomic E-state index is 0.160. The zero-order valence-corrected chi connectivity index (χ0v) is 17.9. The van der Waals surface area contributed by atoms with Crippen LogP contribution in [-0.2, 0) is 4.79 Å². The first-order valence-electron chi connectivity index (χ1n) is 10.5. The number of hydrogen-bond acceptors (Lipinski definition) is 5. The maximum atomic E-state index is 13.2. The van der Waals surface area contributed by atoms with Crippen LogP contribution in [0.2, 0.25) is 0 Å². The molecule has 0 saturated carbocycles. The lowest BCUT2D eigenvalue weighted by Crippen LogP contribution is -2.41. The summed E-state index contributed by atoms with van der Waals surface area (Å²) in [5.74, 6) is -0.160. The first-order valence-corrected chi connectivity index (χ1v) is 11.3. The molecule has 0 radical (unpaired) electrons. The van der Waals surface area contributed by atoms with Gasteiger partial charge in [-0.3, -0.25) is 9.59 Å². The Hall–Kier alpha value is -2.25. The van der Waals surface area contributed by atoms with E-state index in [1.54, 1.807) is 18.3 Å². The molecule has 4 rings (SSSR count). The highest BCUT2D eigenvalue weighted by Crippen LogP contribution is 2.32. The molecule has 1 aliphatic heterocycles. The zero-order chi connectivity index (χ0) is 20.4. The molecule has 0 unspecified atom stereocenters. The number of thiophene rings is 1. The quantitative estimate of drug-likeness (QED) is 0.697. The highest BCUT2D eigenvalue weighted by molar-refractivity contribution is 7.26. The van der Waals surface area contributed by atoms with E-state index < -0.39 is 6.04 Å². The number of rotatable bonds is 5. The maximum Gasteiger partial charge on any atom is 0.276 e. The second-order valence-electron chi connectivity index (χ2n) is 7.86. The summed E-state index contributed by atoms with van der Waals surface area (Å²) in [5, 5.41) is 9.07. The molecule has 0 spiro atoms. The molecule has 1 fully saturated rings. The predicted octanol–water partition coefficient (Wildman–Crippen LogP) is 3.47. The summed E-state index contributed by atoms with van der Waals surface area (Å²) in [6.45, 7) is 7.31. The van der Waals surface area contributed by atoms with Crippen LogP contribution in [0, 0.1) is 6.92 Å². The standard InChI is InChI=1S/C22H28N4O2S/c1-15-20-19(17-9-5-6-10-18(17)29-20)22(28)26(24-15)16(2)21(27)23-11-14-25-12-7-3-4-8-13-25/h5-6,9-10,16H,3-4,7-8,11-14H2,1-2H3,(H,23,27)/t16-/m1/s1. The van der Waals surface area contributed by atoms with Crippen LogP contribution in [0.25, 0.3) is 20.2 Å². The molecule has 154 valence electrons. The van der Waals surface area contributed by atoms with Crippen LogP contribution in [0.3, 0.4) is 0 Å². The van der Waals surface area contributed by atoms with Gasteiger partial charge in [-0.15, -0.1) is 11.3 Å². The number of amides is 1. The Kier molecular flexibility index (Phi) is 5.96. The normalized spacial score (nSPS) is 16.8. The number of nitrogens with one attached hydrogen (secondary N) is 1. The summed E-state index contributed by atoms with van der Waals surface area (Å²) in [4.78, 5) is 28.3. The summed E-state index contributed by atoms with van der Waals surface area (Å²) >= 11 is 1.58. The van der Waals surface area contributed by atoms with Crippen LogP contribution < -0.4 is 10.9 Å². The van der Waals surface area contributed by atoms with Crippen LogP contribution in [0.4, 0.5) is 0 Å². The van der Waals surface area contributed by atoms with E-state index in [-0.39, 0.29) is 11.5 Å². The fourth-order valence-electron chi connectivity index (χ4n) is 4.10. The van der Waals surface area contributed by atoms with Crippen molar-refractivity contribution in [1.29, 1.82) is 0 Å². The lowest BCUT2D eigenvalue weighted by atomic mass is 10.2. The number of benzene rings is 1. The molecule has 7 heteroatoms. The van der Waals surface area contributed by atoms with Gasteiger partial charge in [0.15, 0.2) is 0 Å². The van der Waals surface area contributed by atoms with Gasteiger partial charge in [-0.05, 0) is 45.8 Å². The van der Waals surface area contributed by atoms with E-state index in [2.05, 4.69) is 15.3 Å². The van der Waals surface area contributed by atoms with Gasteiger partial charge in [0.25, 0.3) is 5.56 Å². The number of likely N-dealkylation sites (tertiary alicyclic amines) is 1. The summed E-state index contributed by atoms with van der Waals surface area (Å²) < 4.78 is 3.32. The summed E-state index contributed by atoms with van der Waals surface area (Å²) in [6.07, 6.45) is 5.07. The largest absolute Gasteiger partial charge is 0.353 e. The average Bonchev–Trinajstić information content (AvgIpc) is 2.93. The number of fused-ring (bicyclic) bond motifs is 3. The average molecular weight is 413 g/mol. The lowest BCUT2D eigenvalue weighted by Gasteiger charge is -2.21. The Labute approximate surface area is 174 Å². The van der Waals surface area contributed by atoms with Gasteiger partial charge in [-0.25, -0.2) is 4.68 Å². The minimum atomic E-state index is -0.645. The Balaban J connectivity index is 1.52. The number of hydrogen-bond donors (Lipinski definition) is 1. The summed E-state index contributed by atoms with van der Waals surface area (Å²) in [5.41, 5.74) is 0.586. The SMILES string of the molecule is Cc1nn([C@H](C)C(=O)NCCN2CCCCCC2)c(=O)c2c1sc1ccccc12. The van der Waals surface area contributed by atoms with E-state index in [0.29, 0.717) is 11.9 Å². The number of carbonyl (C=O) groups is 1. The van der Waals surface area contributed by atoms with Crippen LogP contribution in [0.1, 0.15) is 44.3 Å². The van der Waals surface area contributed by atoms with Gasteiger partial charge in [0.1, 0.15) is 6.04 Å². The van der Waals surface area contributed by atoms with Crippen molar-refractivity contribution in [2.75, 3.05) is 26.2 Å². The third kappa shape index (κ3) is 4.07. The van der Waals surface area contributed by atoms with E-state index in [1.165, 1.54) is 30.4 Å². The molecule has 0 aliphatic carbocycles. The highest BCUT2D eigenvalue weighted by atomic mass is 32.1. The third-order valence-corrected chi connectivity index (χ3v) is 7.06. The molecular formula is C22H28N4O2S. The van der Waals surface area contributed by atoms with Gasteiger partial charge in [0.2, 0.25) is 5.91 Å². The van der Waals surface area contributed by atoms with Crippen LogP contribution in [0.5, 0.6) is 0 Å². The van der Waals surface area contributed by atoms with Crippen LogP contribution in [0.15, 0.2) is 29.1 Å². The molecule has 29 heavy (non-hydrogen) atoms. The topological polar surface area (TPSA) is 67.2 Å². The Bertz CT molecular complexity index is 1080. The van der Waals surface area contributed by atoms with Crippen molar-refractivity contribution in [3.8, 4) is 0 Å². The van der Waals surface area contributed by atoms with E-state index in [4.69, 9.17) is 0 Å². The molecule has 2 aromatic heterocycles. The van der Waals surface area contributed by atoms with Gasteiger partial charge in [-0.1, -0.05) is 31.0 Å². The van der Waals surface area contributed by atoms with E-state index in [1.807, 2.05) is 31.2 Å². The highest BCUT2D eigenvalue weighted by Gasteiger charge is 2.22. The molecule has 1 aliphatic rings. The molecule has 0 bridgehead atoms. The lowest BCUT2D eigenvalue weighted by molar-refractivity contribution is -0.124. The van der Waals surface area contributed by atoms with Gasteiger partial charge >= 0.3 is 0 Å². The van der Waals surface area contributed by atoms with Gasteiger partial charge in [0.05, 0.1) is 15.8 Å².